The zero-order valence-corrected chi connectivity index (χ0v) is 11.1. The van der Waals surface area contributed by atoms with Crippen LogP contribution in [0.2, 0.25) is 5.02 Å². The number of carboxylic acid groups (broad SMARTS) is 1. The van der Waals surface area contributed by atoms with Gasteiger partial charge in [0.2, 0.25) is 10.0 Å². The third kappa shape index (κ3) is 4.14. The van der Waals surface area contributed by atoms with Gasteiger partial charge in [-0.2, -0.15) is 0 Å². The van der Waals surface area contributed by atoms with E-state index < -0.39 is 16.0 Å². The number of rotatable bonds is 5. The molecule has 1 aromatic carbocycles. The average molecular weight is 290 g/mol. The highest BCUT2D eigenvalue weighted by Crippen LogP contribution is 2.21. The summed E-state index contributed by atoms with van der Waals surface area (Å²) in [5.41, 5.74) is 0.852. The van der Waals surface area contributed by atoms with Crippen molar-refractivity contribution in [2.75, 3.05) is 6.54 Å². The molecule has 0 bridgehead atoms. The van der Waals surface area contributed by atoms with Gasteiger partial charge in [0.05, 0.1) is 5.02 Å². The van der Waals surface area contributed by atoms with Crippen LogP contribution in [-0.4, -0.2) is 26.0 Å². The number of aliphatic carboxylic acids is 1. The maximum atomic E-state index is 11.8. The average Bonchev–Trinajstić information content (AvgIpc) is 2.23. The number of carbonyl (C=O) groups is 1. The lowest BCUT2D eigenvalue weighted by Crippen LogP contribution is -2.24. The fourth-order valence-corrected chi connectivity index (χ4v) is 2.79. The Hall–Kier alpha value is -1.37. The van der Waals surface area contributed by atoms with Gasteiger partial charge in [0.15, 0.2) is 0 Å². The molecule has 0 spiro atoms. The Morgan fingerprint density at radius 3 is 2.72 bits per heavy atom. The first-order valence-corrected chi connectivity index (χ1v) is 6.84. The summed E-state index contributed by atoms with van der Waals surface area (Å²) in [6.45, 7) is 1.68. The second kappa shape index (κ2) is 5.99. The molecule has 0 saturated carbocycles. The molecule has 18 heavy (non-hydrogen) atoms. The molecular weight excluding hydrogens is 278 g/mol. The number of benzene rings is 1. The summed E-state index contributed by atoms with van der Waals surface area (Å²) in [6.07, 6.45) is 2.06. The highest BCUT2D eigenvalue weighted by molar-refractivity contribution is 7.89. The molecule has 0 atom stereocenters. The first-order valence-electron chi connectivity index (χ1n) is 4.98. The Kier molecular flexibility index (Phi) is 4.89. The summed E-state index contributed by atoms with van der Waals surface area (Å²) in [7, 11) is -3.73. The second-order valence-corrected chi connectivity index (χ2v) is 5.67. The minimum Gasteiger partial charge on any atom is -0.478 e. The van der Waals surface area contributed by atoms with Crippen LogP contribution in [0.5, 0.6) is 0 Å². The Morgan fingerprint density at radius 1 is 1.50 bits per heavy atom. The molecule has 1 rings (SSSR count). The quantitative estimate of drug-likeness (QED) is 0.806. The first-order chi connectivity index (χ1) is 8.33. The largest absolute Gasteiger partial charge is 0.478 e. The predicted octanol–water partition coefficient (Wildman–Crippen LogP) is 1.57. The first kappa shape index (κ1) is 14.7. The monoisotopic (exact) mass is 289 g/mol. The molecule has 0 amide bonds. The fourth-order valence-electron chi connectivity index (χ4n) is 1.22. The molecule has 5 nitrogen and oxygen atoms in total. The highest BCUT2D eigenvalue weighted by atomic mass is 35.5. The third-order valence-corrected chi connectivity index (χ3v) is 3.94. The van der Waals surface area contributed by atoms with Crippen LogP contribution in [0, 0.1) is 6.92 Å². The van der Waals surface area contributed by atoms with E-state index in [1.165, 1.54) is 12.1 Å². The molecule has 0 heterocycles. The number of aryl methyl sites for hydroxylation is 1. The second-order valence-electron chi connectivity index (χ2n) is 3.53. The minimum absolute atomic E-state index is 0.0292. The van der Waals surface area contributed by atoms with Gasteiger partial charge in [-0.25, -0.2) is 17.9 Å². The van der Waals surface area contributed by atoms with Crippen molar-refractivity contribution in [2.45, 2.75) is 11.8 Å². The number of carboxylic acids is 1. The van der Waals surface area contributed by atoms with Crippen LogP contribution in [0.25, 0.3) is 0 Å². The number of nitrogens with one attached hydrogen (secondary N) is 1. The molecule has 0 aliphatic rings. The Morgan fingerprint density at radius 2 is 2.17 bits per heavy atom. The zero-order valence-electron chi connectivity index (χ0n) is 9.55. The van der Waals surface area contributed by atoms with Gasteiger partial charge in [0, 0.05) is 12.6 Å². The molecule has 7 heteroatoms. The number of hydrogen-bond acceptors (Lipinski definition) is 3. The van der Waals surface area contributed by atoms with Crippen molar-refractivity contribution in [3.63, 3.8) is 0 Å². The molecule has 2 N–H and O–H groups in total. The summed E-state index contributed by atoms with van der Waals surface area (Å²) in [5, 5.41) is 8.48. The van der Waals surface area contributed by atoms with Crippen molar-refractivity contribution in [3.05, 3.63) is 40.9 Å². The van der Waals surface area contributed by atoms with Gasteiger partial charge >= 0.3 is 5.97 Å². The normalized spacial score (nSPS) is 11.9. The van der Waals surface area contributed by atoms with E-state index >= 15 is 0 Å². The van der Waals surface area contributed by atoms with Crippen LogP contribution in [0.4, 0.5) is 0 Å². The van der Waals surface area contributed by atoms with Gasteiger partial charge in [0.25, 0.3) is 0 Å². The van der Waals surface area contributed by atoms with E-state index in [1.807, 2.05) is 0 Å². The van der Waals surface area contributed by atoms with Crippen molar-refractivity contribution in [1.82, 2.24) is 4.72 Å². The zero-order chi connectivity index (χ0) is 13.8. The molecule has 0 saturated heterocycles. The summed E-state index contributed by atoms with van der Waals surface area (Å²) >= 11 is 5.85. The van der Waals surface area contributed by atoms with Gasteiger partial charge in [-0.3, -0.25) is 0 Å². The van der Waals surface area contributed by atoms with Crippen molar-refractivity contribution in [3.8, 4) is 0 Å². The number of hydrogen-bond donors (Lipinski definition) is 2. The van der Waals surface area contributed by atoms with Gasteiger partial charge in [-0.1, -0.05) is 23.7 Å². The molecule has 98 valence electrons. The molecule has 0 fully saturated rings. The van der Waals surface area contributed by atoms with Crippen LogP contribution in [-0.2, 0) is 14.8 Å². The molecule has 0 aliphatic carbocycles. The van der Waals surface area contributed by atoms with Crippen LogP contribution in [0.3, 0.4) is 0 Å². The lowest BCUT2D eigenvalue weighted by Gasteiger charge is -2.07. The van der Waals surface area contributed by atoms with E-state index in [-0.39, 0.29) is 16.5 Å². The molecule has 0 aliphatic heterocycles. The number of sulfonamides is 1. The fraction of sp³-hybridized carbons (Fsp3) is 0.182. The van der Waals surface area contributed by atoms with Crippen LogP contribution >= 0.6 is 11.6 Å². The summed E-state index contributed by atoms with van der Waals surface area (Å²) in [6, 6.07) is 4.58. The van der Waals surface area contributed by atoms with Crippen molar-refractivity contribution >= 4 is 27.6 Å². The molecular formula is C11H12ClNO4S. The lowest BCUT2D eigenvalue weighted by atomic mass is 10.2. The van der Waals surface area contributed by atoms with Crippen molar-refractivity contribution in [2.24, 2.45) is 0 Å². The lowest BCUT2D eigenvalue weighted by molar-refractivity contribution is -0.131. The standard InChI is InChI=1S/C11H12ClNO4S/c1-8-4-5-10(9(12)7-8)18(16,17)13-6-2-3-11(14)15/h2-5,7,13H,6H2,1H3,(H,14,15)/b3-2+. The smallest absolute Gasteiger partial charge is 0.328 e. The minimum atomic E-state index is -3.73. The molecule has 0 aromatic heterocycles. The van der Waals surface area contributed by atoms with Crippen LogP contribution in [0.15, 0.2) is 35.2 Å². The predicted molar refractivity (Wildman–Crippen MR) is 68.2 cm³/mol. The van der Waals surface area contributed by atoms with E-state index in [0.29, 0.717) is 0 Å². The molecule has 0 radical (unpaired) electrons. The summed E-state index contributed by atoms with van der Waals surface area (Å²) in [4.78, 5) is 10.2. The maximum Gasteiger partial charge on any atom is 0.328 e. The SMILES string of the molecule is Cc1ccc(S(=O)(=O)NC/C=C/C(=O)O)c(Cl)c1. The number of halogens is 1. The topological polar surface area (TPSA) is 83.5 Å². The van der Waals surface area contributed by atoms with Crippen LogP contribution < -0.4 is 4.72 Å². The Balaban J connectivity index is 2.84. The van der Waals surface area contributed by atoms with Crippen molar-refractivity contribution < 1.29 is 18.3 Å². The van der Waals surface area contributed by atoms with E-state index in [4.69, 9.17) is 16.7 Å². The van der Waals surface area contributed by atoms with Gasteiger partial charge in [-0.15, -0.1) is 0 Å². The van der Waals surface area contributed by atoms with E-state index in [9.17, 15) is 13.2 Å². The third-order valence-electron chi connectivity index (χ3n) is 2.03. The summed E-state index contributed by atoms with van der Waals surface area (Å²) < 4.78 is 25.9. The highest BCUT2D eigenvalue weighted by Gasteiger charge is 2.16. The van der Waals surface area contributed by atoms with Gasteiger partial charge in [0.1, 0.15) is 4.90 Å². The summed E-state index contributed by atoms with van der Waals surface area (Å²) in [5.74, 6) is -1.14. The Bertz CT molecular complexity index is 581. The molecule has 0 unspecified atom stereocenters. The van der Waals surface area contributed by atoms with Gasteiger partial charge < -0.3 is 5.11 Å². The molecule has 1 aromatic rings. The Labute approximate surface area is 110 Å². The van der Waals surface area contributed by atoms with E-state index in [0.717, 1.165) is 11.6 Å². The van der Waals surface area contributed by atoms with E-state index in [2.05, 4.69) is 4.72 Å². The van der Waals surface area contributed by atoms with Crippen LogP contribution in [0.1, 0.15) is 5.56 Å². The maximum absolute atomic E-state index is 11.8. The van der Waals surface area contributed by atoms with Gasteiger partial charge in [-0.05, 0) is 24.6 Å². The van der Waals surface area contributed by atoms with Crippen molar-refractivity contribution in [1.29, 1.82) is 0 Å². The van der Waals surface area contributed by atoms with E-state index in [1.54, 1.807) is 19.1 Å².